The van der Waals surface area contributed by atoms with Gasteiger partial charge in [-0.05, 0) is 23.5 Å². The van der Waals surface area contributed by atoms with Crippen LogP contribution in [0.25, 0.3) is 0 Å². The molecular formula is C25H36N3O5S+. The summed E-state index contributed by atoms with van der Waals surface area (Å²) in [6, 6.07) is 17.6. The van der Waals surface area contributed by atoms with Gasteiger partial charge in [0.2, 0.25) is 5.91 Å². The largest absolute Gasteiger partial charge is 0.354 e. The van der Waals surface area contributed by atoms with Crippen LogP contribution in [0.15, 0.2) is 60.7 Å². The van der Waals surface area contributed by atoms with Gasteiger partial charge in [-0.3, -0.25) is 13.8 Å². The van der Waals surface area contributed by atoms with Gasteiger partial charge in [0.15, 0.2) is 6.04 Å². The summed E-state index contributed by atoms with van der Waals surface area (Å²) >= 11 is 0. The second kappa shape index (κ2) is 13.8. The third-order valence-corrected chi connectivity index (χ3v) is 6.35. The predicted molar refractivity (Wildman–Crippen MR) is 131 cm³/mol. The van der Waals surface area contributed by atoms with E-state index in [1.165, 1.54) is 0 Å². The molecule has 2 rings (SSSR count). The SMILES string of the molecule is CC(C)COS(=O)(=O)CCCNC(=O)[C@H](Cc1ccccc1)NC(=O)[C@@H]([NH3+])Cc1ccccc1. The molecule has 0 saturated carbocycles. The maximum Gasteiger partial charge on any atom is 0.279 e. The van der Waals surface area contributed by atoms with Gasteiger partial charge in [0.1, 0.15) is 6.04 Å². The van der Waals surface area contributed by atoms with Crippen molar-refractivity contribution in [3.05, 3.63) is 71.8 Å². The number of hydrogen-bond donors (Lipinski definition) is 3. The number of carbonyl (C=O) groups is 2. The van der Waals surface area contributed by atoms with Crippen molar-refractivity contribution in [2.75, 3.05) is 18.9 Å². The molecule has 0 saturated heterocycles. The zero-order chi connectivity index (χ0) is 25.0. The molecule has 5 N–H and O–H groups in total. The lowest BCUT2D eigenvalue weighted by atomic mass is 10.0. The lowest BCUT2D eigenvalue weighted by Gasteiger charge is -2.20. The molecule has 0 aliphatic heterocycles. The molecule has 0 bridgehead atoms. The van der Waals surface area contributed by atoms with E-state index in [9.17, 15) is 18.0 Å². The molecule has 0 radical (unpaired) electrons. The minimum atomic E-state index is -3.63. The first-order valence-electron chi connectivity index (χ1n) is 11.5. The van der Waals surface area contributed by atoms with Crippen LogP contribution in [0, 0.1) is 5.92 Å². The Bertz CT molecular complexity index is 998. The van der Waals surface area contributed by atoms with E-state index in [0.717, 1.165) is 11.1 Å². The van der Waals surface area contributed by atoms with Crippen molar-refractivity contribution in [3.63, 3.8) is 0 Å². The Morgan fingerprint density at radius 1 is 0.912 bits per heavy atom. The van der Waals surface area contributed by atoms with E-state index in [0.29, 0.717) is 12.8 Å². The molecule has 0 heterocycles. The maximum atomic E-state index is 12.9. The molecular weight excluding hydrogens is 454 g/mol. The maximum absolute atomic E-state index is 12.9. The van der Waals surface area contributed by atoms with Gasteiger partial charge in [-0.25, -0.2) is 0 Å². The van der Waals surface area contributed by atoms with Gasteiger partial charge in [-0.15, -0.1) is 0 Å². The summed E-state index contributed by atoms with van der Waals surface area (Å²) in [5, 5.41) is 5.56. The Hall–Kier alpha value is -2.75. The lowest BCUT2D eigenvalue weighted by Crippen LogP contribution is -2.69. The summed E-state index contributed by atoms with van der Waals surface area (Å²) in [6.07, 6.45) is 0.983. The monoisotopic (exact) mass is 490 g/mol. The molecule has 2 amide bonds. The highest BCUT2D eigenvalue weighted by Gasteiger charge is 2.26. The van der Waals surface area contributed by atoms with Gasteiger partial charge in [0.05, 0.1) is 12.4 Å². The van der Waals surface area contributed by atoms with E-state index in [-0.39, 0.29) is 43.1 Å². The molecule has 186 valence electrons. The number of amides is 2. The van der Waals surface area contributed by atoms with Crippen LogP contribution in [0.3, 0.4) is 0 Å². The second-order valence-corrected chi connectivity index (χ2v) is 10.5. The van der Waals surface area contributed by atoms with Gasteiger partial charge < -0.3 is 16.4 Å². The molecule has 0 unspecified atom stereocenters. The molecule has 2 aromatic carbocycles. The fourth-order valence-corrected chi connectivity index (χ4v) is 4.32. The zero-order valence-electron chi connectivity index (χ0n) is 19.9. The molecule has 34 heavy (non-hydrogen) atoms. The fourth-order valence-electron chi connectivity index (χ4n) is 3.22. The van der Waals surface area contributed by atoms with Crippen molar-refractivity contribution < 1.29 is 27.9 Å². The topological polar surface area (TPSA) is 129 Å². The van der Waals surface area contributed by atoms with Crippen LogP contribution in [0.5, 0.6) is 0 Å². The van der Waals surface area contributed by atoms with Crippen LogP contribution in [0.4, 0.5) is 0 Å². The highest BCUT2D eigenvalue weighted by atomic mass is 32.2. The first-order chi connectivity index (χ1) is 16.2. The van der Waals surface area contributed by atoms with Gasteiger partial charge in [-0.1, -0.05) is 74.5 Å². The van der Waals surface area contributed by atoms with Crippen molar-refractivity contribution in [1.29, 1.82) is 0 Å². The summed E-state index contributed by atoms with van der Waals surface area (Å²) in [5.41, 5.74) is 5.85. The van der Waals surface area contributed by atoms with Crippen LogP contribution >= 0.6 is 0 Å². The molecule has 2 atom stereocenters. The van der Waals surface area contributed by atoms with E-state index < -0.39 is 22.2 Å². The minimum Gasteiger partial charge on any atom is -0.354 e. The normalized spacial score (nSPS) is 13.3. The molecule has 8 nitrogen and oxygen atoms in total. The van der Waals surface area contributed by atoms with E-state index >= 15 is 0 Å². The highest BCUT2D eigenvalue weighted by Crippen LogP contribution is 2.06. The second-order valence-electron chi connectivity index (χ2n) is 8.72. The quantitative estimate of drug-likeness (QED) is 0.270. The van der Waals surface area contributed by atoms with Crippen LogP contribution in [0.2, 0.25) is 0 Å². The summed E-state index contributed by atoms with van der Waals surface area (Å²) < 4.78 is 28.8. The molecule has 0 fully saturated rings. The van der Waals surface area contributed by atoms with Crippen LogP contribution < -0.4 is 16.4 Å². The molecule has 0 spiro atoms. The lowest BCUT2D eigenvalue weighted by molar-refractivity contribution is -0.403. The zero-order valence-corrected chi connectivity index (χ0v) is 20.7. The van der Waals surface area contributed by atoms with Crippen molar-refractivity contribution in [2.24, 2.45) is 5.92 Å². The average Bonchev–Trinajstić information content (AvgIpc) is 2.81. The first-order valence-corrected chi connectivity index (χ1v) is 13.1. The van der Waals surface area contributed by atoms with E-state index in [1.807, 2.05) is 74.5 Å². The van der Waals surface area contributed by atoms with Crippen molar-refractivity contribution >= 4 is 21.9 Å². The van der Waals surface area contributed by atoms with Gasteiger partial charge in [0, 0.05) is 19.4 Å². The van der Waals surface area contributed by atoms with Gasteiger partial charge in [-0.2, -0.15) is 8.42 Å². The number of nitrogens with one attached hydrogen (secondary N) is 2. The third kappa shape index (κ3) is 10.5. The number of quaternary nitrogens is 1. The Morgan fingerprint density at radius 2 is 1.47 bits per heavy atom. The summed E-state index contributed by atoms with van der Waals surface area (Å²) in [4.78, 5) is 25.7. The molecule has 0 aliphatic carbocycles. The van der Waals surface area contributed by atoms with E-state index in [1.54, 1.807) is 0 Å². The number of hydrogen-bond acceptors (Lipinski definition) is 5. The number of rotatable bonds is 14. The van der Waals surface area contributed by atoms with Crippen LogP contribution in [-0.4, -0.2) is 51.2 Å². The van der Waals surface area contributed by atoms with E-state index in [4.69, 9.17) is 4.18 Å². The Kier molecular flexibility index (Phi) is 11.2. The Labute approximate surface area is 202 Å². The molecule has 9 heteroatoms. The summed E-state index contributed by atoms with van der Waals surface area (Å²) in [7, 11) is -3.63. The Morgan fingerprint density at radius 3 is 2.03 bits per heavy atom. The molecule has 0 aliphatic rings. The summed E-state index contributed by atoms with van der Waals surface area (Å²) in [6.45, 7) is 4.03. The van der Waals surface area contributed by atoms with Gasteiger partial charge in [0.25, 0.3) is 16.0 Å². The standard InChI is InChI=1S/C25H35N3O5S/c1-19(2)18-33-34(31,32)15-9-14-27-25(30)23(17-21-12-7-4-8-13-21)28-24(29)22(26)16-20-10-5-3-6-11-20/h3-8,10-13,19,22-23H,9,14-18,26H2,1-2H3,(H,27,30)(H,28,29)/p+1/t22-,23-/m0/s1. The summed E-state index contributed by atoms with van der Waals surface area (Å²) in [5.74, 6) is -0.766. The van der Waals surface area contributed by atoms with Crippen molar-refractivity contribution in [2.45, 2.75) is 45.2 Å². The third-order valence-electron chi connectivity index (χ3n) is 5.06. The van der Waals surface area contributed by atoms with E-state index in [2.05, 4.69) is 16.4 Å². The molecule has 0 aromatic heterocycles. The number of benzene rings is 2. The minimum absolute atomic E-state index is 0.107. The van der Waals surface area contributed by atoms with Crippen LogP contribution in [-0.2, 0) is 36.7 Å². The average molecular weight is 491 g/mol. The molecule has 2 aromatic rings. The smallest absolute Gasteiger partial charge is 0.279 e. The first kappa shape index (κ1) is 27.5. The Balaban J connectivity index is 1.94. The van der Waals surface area contributed by atoms with Gasteiger partial charge >= 0.3 is 0 Å². The predicted octanol–water partition coefficient (Wildman–Crippen LogP) is 1.08. The fraction of sp³-hybridized carbons (Fsp3) is 0.440. The highest BCUT2D eigenvalue weighted by molar-refractivity contribution is 7.86. The van der Waals surface area contributed by atoms with Crippen LogP contribution in [0.1, 0.15) is 31.4 Å². The number of carbonyl (C=O) groups excluding carboxylic acids is 2. The van der Waals surface area contributed by atoms with Crippen molar-refractivity contribution in [3.8, 4) is 0 Å². The van der Waals surface area contributed by atoms with Crippen molar-refractivity contribution in [1.82, 2.24) is 10.6 Å².